The molecule has 0 N–H and O–H groups in total. The fourth-order valence-corrected chi connectivity index (χ4v) is 0.555. The first-order valence-corrected chi connectivity index (χ1v) is 3.62. The number of rotatable bonds is 4. The standard InChI is InChI=1S/C9H11F3O/c1-3-4-5-8(2)6-7-13-9(10,11)12/h3-6H,1,7H2,2H3/b5-4-,8-6-. The molecule has 13 heavy (non-hydrogen) atoms. The van der Waals surface area contributed by atoms with E-state index in [0.29, 0.717) is 5.57 Å². The maximum atomic E-state index is 11.5. The van der Waals surface area contributed by atoms with Gasteiger partial charge in [0.2, 0.25) is 0 Å². The summed E-state index contributed by atoms with van der Waals surface area (Å²) < 4.78 is 38.0. The van der Waals surface area contributed by atoms with E-state index in [4.69, 9.17) is 0 Å². The number of allylic oxidation sites excluding steroid dienone is 4. The van der Waals surface area contributed by atoms with Crippen LogP contribution in [0.5, 0.6) is 0 Å². The first kappa shape index (κ1) is 12.0. The van der Waals surface area contributed by atoms with E-state index in [9.17, 15) is 13.2 Å². The molecule has 0 bridgehead atoms. The maximum Gasteiger partial charge on any atom is 0.522 e. The Morgan fingerprint density at radius 3 is 2.54 bits per heavy atom. The Kier molecular flexibility index (Phi) is 5.14. The minimum absolute atomic E-state index is 0.461. The molecule has 0 fully saturated rings. The van der Waals surface area contributed by atoms with Crippen LogP contribution in [0.4, 0.5) is 13.2 Å². The first-order valence-electron chi connectivity index (χ1n) is 3.62. The molecule has 0 saturated heterocycles. The molecule has 0 aliphatic rings. The van der Waals surface area contributed by atoms with Crippen molar-refractivity contribution in [2.45, 2.75) is 13.3 Å². The molecule has 0 aliphatic carbocycles. The fourth-order valence-electron chi connectivity index (χ4n) is 0.555. The third kappa shape index (κ3) is 8.88. The molecular formula is C9H11F3O. The zero-order valence-corrected chi connectivity index (χ0v) is 7.27. The van der Waals surface area contributed by atoms with E-state index in [-0.39, 0.29) is 0 Å². The van der Waals surface area contributed by atoms with Crippen molar-refractivity contribution in [1.82, 2.24) is 0 Å². The molecule has 74 valence electrons. The lowest BCUT2D eigenvalue weighted by molar-refractivity contribution is -0.319. The van der Waals surface area contributed by atoms with Crippen LogP contribution in [0, 0.1) is 0 Å². The van der Waals surface area contributed by atoms with Gasteiger partial charge in [0, 0.05) is 0 Å². The Balaban J connectivity index is 3.84. The second-order valence-electron chi connectivity index (χ2n) is 2.30. The summed E-state index contributed by atoms with van der Waals surface area (Å²) >= 11 is 0. The van der Waals surface area contributed by atoms with E-state index in [0.717, 1.165) is 0 Å². The van der Waals surface area contributed by atoms with Gasteiger partial charge < -0.3 is 0 Å². The molecule has 0 rings (SSSR count). The number of hydrogen-bond donors (Lipinski definition) is 0. The summed E-state index contributed by atoms with van der Waals surface area (Å²) in [5.41, 5.74) is 0.698. The average Bonchev–Trinajstić information content (AvgIpc) is 1.98. The third-order valence-electron chi connectivity index (χ3n) is 1.15. The lowest BCUT2D eigenvalue weighted by atomic mass is 10.2. The largest absolute Gasteiger partial charge is 0.522 e. The van der Waals surface area contributed by atoms with Crippen molar-refractivity contribution in [3.05, 3.63) is 36.5 Å². The van der Waals surface area contributed by atoms with Crippen molar-refractivity contribution < 1.29 is 17.9 Å². The average molecular weight is 192 g/mol. The quantitative estimate of drug-likeness (QED) is 0.621. The Labute approximate surface area is 75.2 Å². The van der Waals surface area contributed by atoms with Gasteiger partial charge in [0.15, 0.2) is 0 Å². The van der Waals surface area contributed by atoms with Crippen LogP contribution in [-0.2, 0) is 4.74 Å². The van der Waals surface area contributed by atoms with Gasteiger partial charge >= 0.3 is 6.36 Å². The summed E-state index contributed by atoms with van der Waals surface area (Å²) in [6.45, 7) is 4.65. The molecule has 0 amide bonds. The van der Waals surface area contributed by atoms with E-state index in [1.54, 1.807) is 25.2 Å². The van der Waals surface area contributed by atoms with E-state index in [1.807, 2.05) is 0 Å². The Morgan fingerprint density at radius 1 is 1.46 bits per heavy atom. The molecule has 1 nitrogen and oxygen atoms in total. The lowest BCUT2D eigenvalue weighted by Gasteiger charge is -2.03. The Morgan fingerprint density at radius 2 is 2.08 bits per heavy atom. The van der Waals surface area contributed by atoms with Gasteiger partial charge in [-0.15, -0.1) is 13.2 Å². The van der Waals surface area contributed by atoms with E-state index < -0.39 is 13.0 Å². The van der Waals surface area contributed by atoms with E-state index in [2.05, 4.69) is 11.3 Å². The van der Waals surface area contributed by atoms with Crippen molar-refractivity contribution in [1.29, 1.82) is 0 Å². The zero-order chi connectivity index (χ0) is 10.3. The van der Waals surface area contributed by atoms with Crippen LogP contribution >= 0.6 is 0 Å². The number of halogens is 3. The highest BCUT2D eigenvalue weighted by Crippen LogP contribution is 2.15. The zero-order valence-electron chi connectivity index (χ0n) is 7.27. The van der Waals surface area contributed by atoms with Gasteiger partial charge in [0.25, 0.3) is 0 Å². The fraction of sp³-hybridized carbons (Fsp3) is 0.333. The molecule has 0 saturated carbocycles. The summed E-state index contributed by atoms with van der Waals surface area (Å²) in [5.74, 6) is 0. The molecule has 0 aromatic heterocycles. The van der Waals surface area contributed by atoms with Crippen LogP contribution in [0.25, 0.3) is 0 Å². The van der Waals surface area contributed by atoms with Gasteiger partial charge in [-0.05, 0) is 6.92 Å². The molecule has 0 aromatic carbocycles. The smallest absolute Gasteiger partial charge is 0.288 e. The van der Waals surface area contributed by atoms with Gasteiger partial charge in [0.1, 0.15) is 0 Å². The van der Waals surface area contributed by atoms with E-state index in [1.165, 1.54) is 6.08 Å². The van der Waals surface area contributed by atoms with Gasteiger partial charge in [-0.25, -0.2) is 0 Å². The second-order valence-corrected chi connectivity index (χ2v) is 2.30. The summed E-state index contributed by atoms with van der Waals surface area (Å²) in [5, 5.41) is 0. The monoisotopic (exact) mass is 192 g/mol. The predicted octanol–water partition coefficient (Wildman–Crippen LogP) is 3.21. The van der Waals surface area contributed by atoms with Gasteiger partial charge in [0.05, 0.1) is 6.61 Å². The number of hydrogen-bond acceptors (Lipinski definition) is 1. The Bertz CT molecular complexity index is 213. The molecular weight excluding hydrogens is 181 g/mol. The summed E-state index contributed by atoms with van der Waals surface area (Å²) in [4.78, 5) is 0. The summed E-state index contributed by atoms with van der Waals surface area (Å²) in [6.07, 6.45) is 1.61. The number of alkyl halides is 3. The topological polar surface area (TPSA) is 9.23 Å². The van der Waals surface area contributed by atoms with Crippen molar-refractivity contribution in [3.63, 3.8) is 0 Å². The van der Waals surface area contributed by atoms with Gasteiger partial charge in [-0.2, -0.15) is 0 Å². The molecule has 0 atom stereocenters. The third-order valence-corrected chi connectivity index (χ3v) is 1.15. The summed E-state index contributed by atoms with van der Waals surface area (Å²) in [7, 11) is 0. The van der Waals surface area contributed by atoms with Crippen LogP contribution in [0.15, 0.2) is 36.5 Å². The van der Waals surface area contributed by atoms with Gasteiger partial charge in [-0.3, -0.25) is 4.74 Å². The van der Waals surface area contributed by atoms with Gasteiger partial charge in [-0.1, -0.05) is 36.5 Å². The van der Waals surface area contributed by atoms with Crippen LogP contribution in [0.1, 0.15) is 6.92 Å². The minimum atomic E-state index is -4.56. The minimum Gasteiger partial charge on any atom is -0.288 e. The second kappa shape index (κ2) is 5.59. The van der Waals surface area contributed by atoms with E-state index >= 15 is 0 Å². The molecule has 0 unspecified atom stereocenters. The summed E-state index contributed by atoms with van der Waals surface area (Å²) in [6, 6.07) is 0. The number of ether oxygens (including phenoxy) is 1. The van der Waals surface area contributed by atoms with Crippen molar-refractivity contribution in [3.8, 4) is 0 Å². The molecule has 0 radical (unpaired) electrons. The van der Waals surface area contributed by atoms with Crippen LogP contribution in [0.2, 0.25) is 0 Å². The molecule has 0 aliphatic heterocycles. The van der Waals surface area contributed by atoms with Crippen LogP contribution in [0.3, 0.4) is 0 Å². The molecule has 0 heterocycles. The highest BCUT2D eigenvalue weighted by Gasteiger charge is 2.28. The SMILES string of the molecule is C=C/C=C\C(C)=C/COC(F)(F)F. The first-order chi connectivity index (χ1) is 5.95. The predicted molar refractivity (Wildman–Crippen MR) is 45.1 cm³/mol. The molecule has 0 aromatic rings. The highest BCUT2D eigenvalue weighted by atomic mass is 19.4. The van der Waals surface area contributed by atoms with Crippen molar-refractivity contribution in [2.75, 3.05) is 6.61 Å². The van der Waals surface area contributed by atoms with Crippen LogP contribution in [-0.4, -0.2) is 13.0 Å². The highest BCUT2D eigenvalue weighted by molar-refractivity contribution is 5.19. The molecule has 0 spiro atoms. The van der Waals surface area contributed by atoms with Crippen LogP contribution < -0.4 is 0 Å². The molecule has 4 heteroatoms. The van der Waals surface area contributed by atoms with Crippen molar-refractivity contribution >= 4 is 0 Å². The Hall–Kier alpha value is -1.03. The maximum absolute atomic E-state index is 11.5. The normalized spacial score (nSPS) is 13.7. The van der Waals surface area contributed by atoms with Crippen molar-refractivity contribution in [2.24, 2.45) is 0 Å². The lowest BCUT2D eigenvalue weighted by Crippen LogP contribution is -2.13.